The highest BCUT2D eigenvalue weighted by atomic mass is 15.0. The Morgan fingerprint density at radius 2 is 1.22 bits per heavy atom. The molecule has 2 heterocycles. The lowest BCUT2D eigenvalue weighted by Crippen LogP contribution is -1.94. The third kappa shape index (κ3) is 3.62. The molecule has 0 saturated heterocycles. The van der Waals surface area contributed by atoms with E-state index in [-0.39, 0.29) is 0 Å². The van der Waals surface area contributed by atoms with Crippen LogP contribution in [0.5, 0.6) is 0 Å². The molecule has 6 aromatic carbocycles. The molecule has 190 valence electrons. The van der Waals surface area contributed by atoms with Crippen LogP contribution in [0.4, 0.5) is 0 Å². The maximum absolute atomic E-state index is 9.31. The van der Waals surface area contributed by atoms with Gasteiger partial charge in [-0.25, -0.2) is 0 Å². The molecule has 0 unspecified atom stereocenters. The SMILES string of the molecule is N#Cc1cncc(-c2ccc(-c3cc4c(c5ccccc35)c3c5ccccc5ccc3n4-c3ccccc3)cc2)c1. The number of pyridine rings is 1. The smallest absolute Gasteiger partial charge is 0.101 e. The molecule has 0 fully saturated rings. The molecule has 0 saturated carbocycles. The first-order valence-electron chi connectivity index (χ1n) is 13.7. The zero-order chi connectivity index (χ0) is 27.3. The van der Waals surface area contributed by atoms with Crippen LogP contribution in [0.2, 0.25) is 0 Å². The van der Waals surface area contributed by atoms with Crippen LogP contribution in [0.25, 0.3) is 71.3 Å². The summed E-state index contributed by atoms with van der Waals surface area (Å²) >= 11 is 0. The van der Waals surface area contributed by atoms with Gasteiger partial charge in [-0.05, 0) is 68.6 Å². The monoisotopic (exact) mass is 521 g/mol. The molecule has 0 spiro atoms. The van der Waals surface area contributed by atoms with E-state index in [1.807, 2.05) is 6.07 Å². The third-order valence-corrected chi connectivity index (χ3v) is 8.07. The molecule has 0 bridgehead atoms. The van der Waals surface area contributed by atoms with Gasteiger partial charge in [0.25, 0.3) is 0 Å². The van der Waals surface area contributed by atoms with Gasteiger partial charge in [0.1, 0.15) is 6.07 Å². The molecule has 3 nitrogen and oxygen atoms in total. The molecule has 2 aromatic heterocycles. The fraction of sp³-hybridized carbons (Fsp3) is 0. The number of para-hydroxylation sites is 1. The summed E-state index contributed by atoms with van der Waals surface area (Å²) in [5.41, 5.74) is 8.40. The Morgan fingerprint density at radius 1 is 0.537 bits per heavy atom. The minimum Gasteiger partial charge on any atom is -0.309 e. The van der Waals surface area contributed by atoms with E-state index in [0.29, 0.717) is 5.56 Å². The average Bonchev–Trinajstić information content (AvgIpc) is 3.40. The van der Waals surface area contributed by atoms with Crippen LogP contribution in [0.15, 0.2) is 140 Å². The van der Waals surface area contributed by atoms with Crippen LogP contribution in [-0.2, 0) is 0 Å². The Labute approximate surface area is 237 Å². The summed E-state index contributed by atoms with van der Waals surface area (Å²) in [5, 5.41) is 16.8. The second-order valence-corrected chi connectivity index (χ2v) is 10.4. The maximum Gasteiger partial charge on any atom is 0.101 e. The Morgan fingerprint density at radius 3 is 2.02 bits per heavy atom. The zero-order valence-electron chi connectivity index (χ0n) is 22.1. The Bertz CT molecular complexity index is 2300. The number of nitriles is 1. The van der Waals surface area contributed by atoms with Crippen molar-refractivity contribution in [2.24, 2.45) is 0 Å². The average molecular weight is 522 g/mol. The van der Waals surface area contributed by atoms with Crippen molar-refractivity contribution in [3.05, 3.63) is 145 Å². The van der Waals surface area contributed by atoms with Crippen LogP contribution in [0.3, 0.4) is 0 Å². The van der Waals surface area contributed by atoms with Gasteiger partial charge in [0, 0.05) is 34.4 Å². The molecule has 0 atom stereocenters. The summed E-state index contributed by atoms with van der Waals surface area (Å²) in [5.74, 6) is 0. The Hall–Kier alpha value is -5.72. The molecule has 8 rings (SSSR count). The molecule has 0 aliphatic heterocycles. The second-order valence-electron chi connectivity index (χ2n) is 10.4. The van der Waals surface area contributed by atoms with Crippen molar-refractivity contribution < 1.29 is 0 Å². The number of fused-ring (bicyclic) bond motifs is 7. The lowest BCUT2D eigenvalue weighted by atomic mass is 9.93. The van der Waals surface area contributed by atoms with E-state index in [1.165, 1.54) is 48.9 Å². The first kappa shape index (κ1) is 23.2. The van der Waals surface area contributed by atoms with Crippen LogP contribution in [0, 0.1) is 11.3 Å². The molecule has 41 heavy (non-hydrogen) atoms. The summed E-state index contributed by atoms with van der Waals surface area (Å²) < 4.78 is 2.40. The highest BCUT2D eigenvalue weighted by Crippen LogP contribution is 2.43. The topological polar surface area (TPSA) is 41.6 Å². The van der Waals surface area contributed by atoms with E-state index in [4.69, 9.17) is 0 Å². The minimum atomic E-state index is 0.560. The van der Waals surface area contributed by atoms with Crippen molar-refractivity contribution in [3.63, 3.8) is 0 Å². The normalized spacial score (nSPS) is 11.4. The number of rotatable bonds is 3. The van der Waals surface area contributed by atoms with Gasteiger partial charge < -0.3 is 4.57 Å². The number of hydrogen-bond acceptors (Lipinski definition) is 2. The molecule has 8 aromatic rings. The predicted octanol–water partition coefficient (Wildman–Crippen LogP) is 9.69. The van der Waals surface area contributed by atoms with Gasteiger partial charge in [-0.1, -0.05) is 97.1 Å². The van der Waals surface area contributed by atoms with Crippen molar-refractivity contribution in [2.75, 3.05) is 0 Å². The van der Waals surface area contributed by atoms with Gasteiger partial charge in [0.2, 0.25) is 0 Å². The van der Waals surface area contributed by atoms with E-state index in [9.17, 15) is 5.26 Å². The molecule has 3 heteroatoms. The van der Waals surface area contributed by atoms with Crippen LogP contribution >= 0.6 is 0 Å². The largest absolute Gasteiger partial charge is 0.309 e. The summed E-state index contributed by atoms with van der Waals surface area (Å²) in [6.45, 7) is 0. The van der Waals surface area contributed by atoms with Crippen LogP contribution in [0.1, 0.15) is 5.56 Å². The Kier molecular flexibility index (Phi) is 5.20. The fourth-order valence-corrected chi connectivity index (χ4v) is 6.23. The fourth-order valence-electron chi connectivity index (χ4n) is 6.23. The molecular formula is C38H23N3. The number of aromatic nitrogens is 2. The van der Waals surface area contributed by atoms with E-state index in [0.717, 1.165) is 22.4 Å². The van der Waals surface area contributed by atoms with E-state index < -0.39 is 0 Å². The molecule has 0 radical (unpaired) electrons. The van der Waals surface area contributed by atoms with Gasteiger partial charge >= 0.3 is 0 Å². The minimum absolute atomic E-state index is 0.560. The van der Waals surface area contributed by atoms with Gasteiger partial charge in [0.15, 0.2) is 0 Å². The van der Waals surface area contributed by atoms with Crippen molar-refractivity contribution in [3.8, 4) is 34.0 Å². The molecule has 0 aliphatic carbocycles. The maximum atomic E-state index is 9.31. The van der Waals surface area contributed by atoms with Crippen molar-refractivity contribution in [1.82, 2.24) is 9.55 Å². The lowest BCUT2D eigenvalue weighted by Gasteiger charge is -2.12. The second kappa shape index (κ2) is 9.19. The van der Waals surface area contributed by atoms with Crippen molar-refractivity contribution in [2.45, 2.75) is 0 Å². The summed E-state index contributed by atoms with van der Waals surface area (Å²) in [7, 11) is 0. The third-order valence-electron chi connectivity index (χ3n) is 8.07. The van der Waals surface area contributed by atoms with Gasteiger partial charge in [0.05, 0.1) is 16.6 Å². The number of nitrogens with zero attached hydrogens (tertiary/aromatic N) is 3. The van der Waals surface area contributed by atoms with Crippen LogP contribution < -0.4 is 0 Å². The lowest BCUT2D eigenvalue weighted by molar-refractivity contribution is 1.18. The highest BCUT2D eigenvalue weighted by molar-refractivity contribution is 6.30. The predicted molar refractivity (Wildman–Crippen MR) is 169 cm³/mol. The van der Waals surface area contributed by atoms with Gasteiger partial charge in [-0.15, -0.1) is 0 Å². The first-order valence-corrected chi connectivity index (χ1v) is 13.7. The standard InChI is InChI=1S/C38H23N3/c39-22-25-20-29(24-40-23-25)26-14-16-28(17-15-26)34-21-36-38(33-13-7-6-12-32(33)34)37-31-11-5-4-8-27(31)18-19-35(37)41(36)30-9-2-1-3-10-30/h1-21,23-24H. The van der Waals surface area contributed by atoms with Crippen LogP contribution in [-0.4, -0.2) is 9.55 Å². The Balaban J connectivity index is 1.45. The zero-order valence-corrected chi connectivity index (χ0v) is 22.1. The highest BCUT2D eigenvalue weighted by Gasteiger charge is 2.19. The van der Waals surface area contributed by atoms with Crippen molar-refractivity contribution in [1.29, 1.82) is 5.26 Å². The molecule has 0 amide bonds. The van der Waals surface area contributed by atoms with E-state index >= 15 is 0 Å². The summed E-state index contributed by atoms with van der Waals surface area (Å²) in [6, 6.07) is 47.6. The number of benzene rings is 6. The number of hydrogen-bond donors (Lipinski definition) is 0. The van der Waals surface area contributed by atoms with E-state index in [1.54, 1.807) is 12.4 Å². The quantitative estimate of drug-likeness (QED) is 0.232. The van der Waals surface area contributed by atoms with Gasteiger partial charge in [-0.3, -0.25) is 4.98 Å². The summed E-state index contributed by atoms with van der Waals surface area (Å²) in [4.78, 5) is 4.24. The van der Waals surface area contributed by atoms with E-state index in [2.05, 4.69) is 137 Å². The molecule has 0 aliphatic rings. The molecule has 0 N–H and O–H groups in total. The first-order chi connectivity index (χ1) is 20.3. The summed E-state index contributed by atoms with van der Waals surface area (Å²) in [6.07, 6.45) is 3.40. The van der Waals surface area contributed by atoms with Crippen molar-refractivity contribution >= 4 is 43.4 Å². The van der Waals surface area contributed by atoms with Gasteiger partial charge in [-0.2, -0.15) is 5.26 Å². The molecular weight excluding hydrogens is 498 g/mol.